The number of hydrogen-bond acceptors (Lipinski definition) is 10. The van der Waals surface area contributed by atoms with E-state index in [0.717, 1.165) is 34.9 Å². The molecule has 6 bridgehead atoms. The zero-order chi connectivity index (χ0) is 35.4. The molecule has 0 radical (unpaired) electrons. The molecule has 3 amide bonds. The third kappa shape index (κ3) is 6.88. The molecule has 5 aliphatic rings. The van der Waals surface area contributed by atoms with Gasteiger partial charge < -0.3 is 20.3 Å². The van der Waals surface area contributed by atoms with Crippen molar-refractivity contribution in [1.29, 1.82) is 0 Å². The number of benzene rings is 1. The third-order valence-electron chi connectivity index (χ3n) is 10.2. The van der Waals surface area contributed by atoms with E-state index >= 15 is 0 Å². The van der Waals surface area contributed by atoms with Crippen molar-refractivity contribution in [3.8, 4) is 5.88 Å². The maximum atomic E-state index is 14.6. The number of nitrogens with one attached hydrogen (secondary N) is 3. The number of sulfonamides is 1. The number of pyridine rings is 1. The van der Waals surface area contributed by atoms with Crippen LogP contribution in [0.2, 0.25) is 0 Å². The number of nitrogens with zero attached hydrogens (tertiary/aromatic N) is 3. The quantitative estimate of drug-likeness (QED) is 0.380. The van der Waals surface area contributed by atoms with E-state index in [4.69, 9.17) is 9.73 Å². The summed E-state index contributed by atoms with van der Waals surface area (Å²) in [6, 6.07) is 6.39. The number of thioether (sulfide) groups is 1. The van der Waals surface area contributed by atoms with Crippen molar-refractivity contribution in [3.05, 3.63) is 54.8 Å². The number of aromatic nitrogens is 1. The maximum Gasteiger partial charge on any atom is 0.259 e. The second-order valence-electron chi connectivity index (χ2n) is 15.1. The molecule has 3 N–H and O–H groups in total. The standard InChI is InChI=1S/C36H44N6O6S2/c1-5-23-18-36(23,33(45)41-50(46,47)26-12-13-26)40-30(43)28-17-25-19-42(28)32(44)29(35(2,3)4)39-34-38-24(20-49-34)9-7-6-8-21-10-11-22-14-15-37-31(48-25)27(22)16-21/h5-6,8,10-11,14-16,23-26,28-29H,1,7,9,12-13,17-20H2,2-4H3,(H,38,39)(H,40,43)(H,41,45)/b8-6-/t23-,24?,25-,28+,29-,36-/m1/s1. The molecular formula is C36H44N6O6S2. The van der Waals surface area contributed by atoms with E-state index in [1.165, 1.54) is 4.90 Å². The minimum Gasteiger partial charge on any atom is -0.472 e. The summed E-state index contributed by atoms with van der Waals surface area (Å²) in [5.41, 5.74) is -1.03. The molecule has 50 heavy (non-hydrogen) atoms. The van der Waals surface area contributed by atoms with Gasteiger partial charge in [0.05, 0.1) is 17.8 Å². The fourth-order valence-electron chi connectivity index (χ4n) is 7.00. The van der Waals surface area contributed by atoms with Crippen LogP contribution in [0.15, 0.2) is 54.2 Å². The Morgan fingerprint density at radius 1 is 1.20 bits per heavy atom. The first-order valence-electron chi connectivity index (χ1n) is 17.3. The topological polar surface area (TPSA) is 159 Å². The largest absolute Gasteiger partial charge is 0.472 e. The van der Waals surface area contributed by atoms with Crippen molar-refractivity contribution in [2.45, 2.75) is 94.3 Å². The predicted molar refractivity (Wildman–Crippen MR) is 194 cm³/mol. The Hall–Kier alpha value is -3.91. The highest BCUT2D eigenvalue weighted by atomic mass is 32.2. The summed E-state index contributed by atoms with van der Waals surface area (Å²) in [7, 11) is -3.85. The summed E-state index contributed by atoms with van der Waals surface area (Å²) in [6.07, 6.45) is 9.91. The minimum absolute atomic E-state index is 0.102. The number of rotatable bonds is 6. The van der Waals surface area contributed by atoms with Gasteiger partial charge >= 0.3 is 0 Å². The van der Waals surface area contributed by atoms with Gasteiger partial charge in [0.25, 0.3) is 5.91 Å². The van der Waals surface area contributed by atoms with Gasteiger partial charge in [-0.25, -0.2) is 13.4 Å². The molecule has 6 atom stereocenters. The molecule has 3 fully saturated rings. The lowest BCUT2D eigenvalue weighted by Gasteiger charge is -2.36. The molecule has 12 nitrogen and oxygen atoms in total. The van der Waals surface area contributed by atoms with Gasteiger partial charge in [0.15, 0.2) is 5.17 Å². The number of amidine groups is 1. The van der Waals surface area contributed by atoms with E-state index in [1.54, 1.807) is 24.0 Å². The number of allylic oxidation sites excluding steroid dienone is 1. The van der Waals surface area contributed by atoms with Gasteiger partial charge in [-0.2, -0.15) is 0 Å². The Morgan fingerprint density at radius 3 is 2.72 bits per heavy atom. The number of aliphatic imine (C=N–C) groups is 1. The highest BCUT2D eigenvalue weighted by Gasteiger charge is 2.62. The third-order valence-corrected chi connectivity index (χ3v) is 13.1. The lowest BCUT2D eigenvalue weighted by molar-refractivity contribution is -0.142. The zero-order valence-corrected chi connectivity index (χ0v) is 30.2. The second kappa shape index (κ2) is 13.0. The average Bonchev–Trinajstić information content (AvgIpc) is 3.96. The summed E-state index contributed by atoms with van der Waals surface area (Å²) in [6.45, 7) is 9.80. The monoisotopic (exact) mass is 720 g/mol. The van der Waals surface area contributed by atoms with E-state index in [1.807, 2.05) is 45.0 Å². The van der Waals surface area contributed by atoms with E-state index in [-0.39, 0.29) is 31.3 Å². The van der Waals surface area contributed by atoms with Crippen molar-refractivity contribution in [1.82, 2.24) is 25.2 Å². The van der Waals surface area contributed by atoms with E-state index < -0.39 is 62.1 Å². The summed E-state index contributed by atoms with van der Waals surface area (Å²) >= 11 is 1.59. The molecule has 2 saturated carbocycles. The Bertz CT molecular complexity index is 1900. The molecule has 1 aromatic heterocycles. The normalized spacial score (nSPS) is 30.4. The number of carbonyl (C=O) groups is 3. The van der Waals surface area contributed by atoms with Crippen LogP contribution in [0.4, 0.5) is 0 Å². The Kier molecular flexibility index (Phi) is 8.98. The van der Waals surface area contributed by atoms with Crippen molar-refractivity contribution in [2.75, 3.05) is 12.3 Å². The van der Waals surface area contributed by atoms with Gasteiger partial charge in [-0.1, -0.05) is 62.9 Å². The van der Waals surface area contributed by atoms with E-state index in [9.17, 15) is 22.8 Å². The molecule has 266 valence electrons. The number of carbonyl (C=O) groups excluding carboxylic acids is 3. The van der Waals surface area contributed by atoms with Crippen molar-refractivity contribution in [3.63, 3.8) is 0 Å². The molecule has 0 spiro atoms. The molecule has 2 aliphatic carbocycles. The van der Waals surface area contributed by atoms with Gasteiger partial charge in [0.2, 0.25) is 27.7 Å². The van der Waals surface area contributed by atoms with Gasteiger partial charge in [-0.15, -0.1) is 6.58 Å². The lowest BCUT2D eigenvalue weighted by atomic mass is 9.85. The summed E-state index contributed by atoms with van der Waals surface area (Å²) in [5.74, 6) is -0.883. The minimum atomic E-state index is -3.85. The van der Waals surface area contributed by atoms with Crippen molar-refractivity contribution >= 4 is 61.5 Å². The highest BCUT2D eigenvalue weighted by molar-refractivity contribution is 8.14. The maximum absolute atomic E-state index is 14.6. The molecule has 2 aromatic rings. The molecule has 14 heteroatoms. The first-order valence-corrected chi connectivity index (χ1v) is 19.8. The SMILES string of the molecule is C=C[C@@H]1C[C@]1(NC(=O)[C@@H]1C[C@@H]2CN1C(=O)[C@H](C(C)(C)C)NC1=NC(CC/C=C\c3ccc4ccnc(c4c3)O2)CS1)C(=O)NS(=O)(=O)C1CC1. The predicted octanol–water partition coefficient (Wildman–Crippen LogP) is 3.54. The molecule has 1 saturated heterocycles. The Morgan fingerprint density at radius 2 is 2.00 bits per heavy atom. The molecule has 1 aromatic carbocycles. The summed E-state index contributed by atoms with van der Waals surface area (Å²) < 4.78 is 34.1. The number of ether oxygens (including phenoxy) is 1. The van der Waals surface area contributed by atoms with E-state index in [2.05, 4.69) is 39.1 Å². The van der Waals surface area contributed by atoms with Crippen LogP contribution >= 0.6 is 11.8 Å². The van der Waals surface area contributed by atoms with Crippen LogP contribution in [-0.4, -0.2) is 88.5 Å². The first-order chi connectivity index (χ1) is 23.8. The van der Waals surface area contributed by atoms with Crippen molar-refractivity contribution in [2.24, 2.45) is 16.3 Å². The smallest absolute Gasteiger partial charge is 0.259 e. The van der Waals surface area contributed by atoms with Gasteiger partial charge in [0.1, 0.15) is 23.7 Å². The van der Waals surface area contributed by atoms with Crippen LogP contribution in [0.5, 0.6) is 5.88 Å². The van der Waals surface area contributed by atoms with Crippen LogP contribution < -0.4 is 20.1 Å². The number of hydrogen-bond donors (Lipinski definition) is 3. The van der Waals surface area contributed by atoms with Gasteiger partial charge in [0, 0.05) is 29.7 Å². The molecule has 3 aliphatic heterocycles. The molecule has 7 rings (SSSR count). The molecular weight excluding hydrogens is 677 g/mol. The van der Waals surface area contributed by atoms with Crippen LogP contribution in [0.3, 0.4) is 0 Å². The average molecular weight is 721 g/mol. The summed E-state index contributed by atoms with van der Waals surface area (Å²) in [4.78, 5) is 53.4. The van der Waals surface area contributed by atoms with Crippen LogP contribution in [0, 0.1) is 11.3 Å². The lowest BCUT2D eigenvalue weighted by Crippen LogP contribution is -2.60. The van der Waals surface area contributed by atoms with Crippen LogP contribution in [0.25, 0.3) is 16.8 Å². The number of amides is 3. The Labute approximate surface area is 297 Å². The highest BCUT2D eigenvalue weighted by Crippen LogP contribution is 2.45. The fraction of sp³-hybridized carbons (Fsp3) is 0.528. The van der Waals surface area contributed by atoms with Crippen molar-refractivity contribution < 1.29 is 27.5 Å². The van der Waals surface area contributed by atoms with Crippen LogP contribution in [-0.2, 0) is 24.4 Å². The molecule has 4 heterocycles. The van der Waals surface area contributed by atoms with Gasteiger partial charge in [-0.3, -0.25) is 24.1 Å². The zero-order valence-electron chi connectivity index (χ0n) is 28.6. The van der Waals surface area contributed by atoms with Crippen LogP contribution in [0.1, 0.15) is 64.9 Å². The summed E-state index contributed by atoms with van der Waals surface area (Å²) in [5, 5.41) is 8.14. The Balaban J connectivity index is 1.23. The first kappa shape index (κ1) is 34.5. The molecule has 1 unspecified atom stereocenters. The fourth-order valence-corrected chi connectivity index (χ4v) is 9.38. The second-order valence-corrected chi connectivity index (χ2v) is 18.1. The number of fused-ring (bicyclic) bond motifs is 4. The van der Waals surface area contributed by atoms with E-state index in [0.29, 0.717) is 23.9 Å². The van der Waals surface area contributed by atoms with Gasteiger partial charge in [-0.05, 0) is 60.6 Å².